The molecule has 4 atom stereocenters. The Morgan fingerprint density at radius 3 is 2.79 bits per heavy atom. The highest BCUT2D eigenvalue weighted by molar-refractivity contribution is 6.30. The Labute approximate surface area is 179 Å². The topological polar surface area (TPSA) is 52.6 Å². The molecule has 1 aromatic carbocycles. The lowest BCUT2D eigenvalue weighted by atomic mass is 9.73. The van der Waals surface area contributed by atoms with E-state index in [-0.39, 0.29) is 29.6 Å². The second kappa shape index (κ2) is 7.09. The largest absolute Gasteiger partial charge is 0.395 e. The van der Waals surface area contributed by atoms with Gasteiger partial charge >= 0.3 is 0 Å². The highest BCUT2D eigenvalue weighted by Gasteiger charge is 2.65. The van der Waals surface area contributed by atoms with Gasteiger partial charge in [0.05, 0.1) is 17.7 Å². The van der Waals surface area contributed by atoms with Gasteiger partial charge in [-0.25, -0.2) is 4.39 Å². The molecule has 2 aliphatic heterocycles. The molecule has 5 rings (SSSR count). The maximum Gasteiger partial charge on any atom is 0.246 e. The van der Waals surface area contributed by atoms with E-state index in [1.165, 1.54) is 6.07 Å². The van der Waals surface area contributed by atoms with Gasteiger partial charge in [-0.3, -0.25) is 9.69 Å². The SMILES string of the molecule is O=C1NC2CC(Cl)=CC=C2[C@@]12[C@@H](c1cccc(Cl)c1F)C[C@H](CO)N2CC1CC1. The van der Waals surface area contributed by atoms with Crippen molar-refractivity contribution in [2.24, 2.45) is 5.92 Å². The molecule has 4 aliphatic rings. The number of carbonyl (C=O) groups excluding carboxylic acids is 1. The van der Waals surface area contributed by atoms with Gasteiger partial charge in [0.2, 0.25) is 5.91 Å². The summed E-state index contributed by atoms with van der Waals surface area (Å²) >= 11 is 12.3. The quantitative estimate of drug-likeness (QED) is 0.755. The fraction of sp³-hybridized carbons (Fsp3) is 0.500. The Bertz CT molecular complexity index is 929. The third kappa shape index (κ3) is 2.89. The van der Waals surface area contributed by atoms with Crippen LogP contribution in [-0.4, -0.2) is 46.7 Å². The fourth-order valence-corrected chi connectivity index (χ4v) is 5.89. The molecule has 1 amide bonds. The standard InChI is InChI=1S/C22H23Cl2FN2O2/c23-13-6-7-16-19(8-13)26-21(29)22(16)17(15-2-1-3-18(24)20(15)25)9-14(11-28)27(22)10-12-4-5-12/h1-3,6-7,12,14,17,19,28H,4-5,8-11H2,(H,26,29)/t14-,17-,19?,22-/m1/s1. The molecule has 0 bridgehead atoms. The number of fused-ring (bicyclic) bond motifs is 2. The van der Waals surface area contributed by atoms with Crippen LogP contribution >= 0.6 is 23.2 Å². The van der Waals surface area contributed by atoms with Crippen LogP contribution in [0, 0.1) is 11.7 Å². The Morgan fingerprint density at radius 2 is 2.07 bits per heavy atom. The first kappa shape index (κ1) is 19.6. The minimum absolute atomic E-state index is 0.0503. The van der Waals surface area contributed by atoms with Gasteiger partial charge in [-0.2, -0.15) is 0 Å². The van der Waals surface area contributed by atoms with Crippen molar-refractivity contribution >= 4 is 29.1 Å². The van der Waals surface area contributed by atoms with Crippen LogP contribution in [0.4, 0.5) is 4.39 Å². The molecule has 2 aliphatic carbocycles. The first-order valence-corrected chi connectivity index (χ1v) is 10.9. The predicted octanol–water partition coefficient (Wildman–Crippen LogP) is 3.73. The zero-order valence-electron chi connectivity index (χ0n) is 15.9. The highest BCUT2D eigenvalue weighted by atomic mass is 35.5. The lowest BCUT2D eigenvalue weighted by molar-refractivity contribution is -0.129. The van der Waals surface area contributed by atoms with Crippen molar-refractivity contribution in [3.8, 4) is 0 Å². The molecule has 0 radical (unpaired) electrons. The number of nitrogens with one attached hydrogen (secondary N) is 1. The van der Waals surface area contributed by atoms with Gasteiger partial charge in [-0.1, -0.05) is 41.4 Å². The number of benzene rings is 1. The number of allylic oxidation sites excluding steroid dienone is 2. The van der Waals surface area contributed by atoms with Crippen LogP contribution in [0.1, 0.15) is 37.2 Å². The van der Waals surface area contributed by atoms with Crippen LogP contribution < -0.4 is 5.32 Å². The number of likely N-dealkylation sites (tertiary alicyclic amines) is 1. The van der Waals surface area contributed by atoms with Gasteiger partial charge in [-0.05, 0) is 48.5 Å². The average Bonchev–Trinajstić information content (AvgIpc) is 3.39. The molecule has 4 nitrogen and oxygen atoms in total. The maximum absolute atomic E-state index is 15.1. The van der Waals surface area contributed by atoms with Gasteiger partial charge in [-0.15, -0.1) is 0 Å². The van der Waals surface area contributed by atoms with Crippen LogP contribution in [0.15, 0.2) is 41.0 Å². The highest BCUT2D eigenvalue weighted by Crippen LogP contribution is 2.56. The summed E-state index contributed by atoms with van der Waals surface area (Å²) in [5.74, 6) is -0.531. The van der Waals surface area contributed by atoms with Gasteiger partial charge in [0, 0.05) is 30.0 Å². The monoisotopic (exact) mass is 436 g/mol. The number of carbonyl (C=O) groups is 1. The van der Waals surface area contributed by atoms with E-state index in [0.29, 0.717) is 29.4 Å². The van der Waals surface area contributed by atoms with Crippen LogP contribution in [-0.2, 0) is 4.79 Å². The summed E-state index contributed by atoms with van der Waals surface area (Å²) in [5, 5.41) is 14.0. The van der Waals surface area contributed by atoms with Gasteiger partial charge < -0.3 is 10.4 Å². The summed E-state index contributed by atoms with van der Waals surface area (Å²) in [7, 11) is 0. The minimum Gasteiger partial charge on any atom is -0.395 e. The third-order valence-electron chi connectivity index (χ3n) is 6.94. The maximum atomic E-state index is 15.1. The van der Waals surface area contributed by atoms with Crippen LogP contribution in [0.25, 0.3) is 0 Å². The molecule has 29 heavy (non-hydrogen) atoms. The molecule has 0 aromatic heterocycles. The molecule has 154 valence electrons. The zero-order valence-corrected chi connectivity index (χ0v) is 17.4. The number of aliphatic hydroxyl groups is 1. The fourth-order valence-electron chi connectivity index (χ4n) is 5.49. The van der Waals surface area contributed by atoms with Crippen LogP contribution in [0.3, 0.4) is 0 Å². The van der Waals surface area contributed by atoms with Crippen molar-refractivity contribution in [1.29, 1.82) is 0 Å². The molecule has 3 fully saturated rings. The van der Waals surface area contributed by atoms with E-state index in [0.717, 1.165) is 25.0 Å². The zero-order chi connectivity index (χ0) is 20.3. The van der Waals surface area contributed by atoms with Crippen molar-refractivity contribution in [2.45, 2.75) is 49.2 Å². The average molecular weight is 437 g/mol. The second-order valence-corrected chi connectivity index (χ2v) is 9.49. The molecule has 2 saturated heterocycles. The first-order valence-electron chi connectivity index (χ1n) is 10.2. The van der Waals surface area contributed by atoms with E-state index in [4.69, 9.17) is 23.2 Å². The first-order chi connectivity index (χ1) is 14.0. The lowest BCUT2D eigenvalue weighted by Crippen LogP contribution is -2.56. The molecular weight excluding hydrogens is 414 g/mol. The number of rotatable bonds is 4. The molecule has 1 aromatic rings. The van der Waals surface area contributed by atoms with Gasteiger partial charge in [0.25, 0.3) is 0 Å². The number of hydrogen-bond acceptors (Lipinski definition) is 3. The van der Waals surface area contributed by atoms with E-state index in [1.807, 2.05) is 12.2 Å². The number of halogens is 3. The second-order valence-electron chi connectivity index (χ2n) is 8.60. The Kier molecular flexibility index (Phi) is 4.78. The molecule has 7 heteroatoms. The van der Waals surface area contributed by atoms with Gasteiger partial charge in [0.15, 0.2) is 0 Å². The third-order valence-corrected chi connectivity index (χ3v) is 7.51. The van der Waals surface area contributed by atoms with Crippen molar-refractivity contribution in [2.75, 3.05) is 13.2 Å². The van der Waals surface area contributed by atoms with E-state index in [9.17, 15) is 9.90 Å². The molecule has 2 heterocycles. The van der Waals surface area contributed by atoms with E-state index < -0.39 is 17.3 Å². The molecule has 1 unspecified atom stereocenters. The van der Waals surface area contributed by atoms with Crippen LogP contribution in [0.2, 0.25) is 5.02 Å². The number of hydrogen-bond donors (Lipinski definition) is 2. The number of aliphatic hydroxyl groups excluding tert-OH is 1. The van der Waals surface area contributed by atoms with E-state index in [1.54, 1.807) is 12.1 Å². The normalized spacial score (nSPS) is 34.2. The van der Waals surface area contributed by atoms with E-state index in [2.05, 4.69) is 10.2 Å². The summed E-state index contributed by atoms with van der Waals surface area (Å²) < 4.78 is 15.1. The Morgan fingerprint density at radius 1 is 1.28 bits per heavy atom. The molecule has 2 N–H and O–H groups in total. The Hall–Kier alpha value is -1.40. The lowest BCUT2D eigenvalue weighted by Gasteiger charge is -2.41. The summed E-state index contributed by atoms with van der Waals surface area (Å²) in [4.78, 5) is 15.8. The minimum atomic E-state index is -1.03. The smallest absolute Gasteiger partial charge is 0.246 e. The van der Waals surface area contributed by atoms with Crippen molar-refractivity contribution in [3.63, 3.8) is 0 Å². The van der Waals surface area contributed by atoms with Gasteiger partial charge in [0.1, 0.15) is 11.4 Å². The summed E-state index contributed by atoms with van der Waals surface area (Å²) in [6, 6.07) is 4.54. The van der Waals surface area contributed by atoms with Crippen molar-refractivity contribution in [3.05, 3.63) is 57.4 Å². The molecule has 1 spiro atoms. The molecular formula is C22H23Cl2FN2O2. The molecule has 1 saturated carbocycles. The summed E-state index contributed by atoms with van der Waals surface area (Å²) in [5.41, 5.74) is 0.333. The van der Waals surface area contributed by atoms with Crippen LogP contribution in [0.5, 0.6) is 0 Å². The Balaban J connectivity index is 1.71. The number of amides is 1. The number of nitrogens with zero attached hydrogens (tertiary/aromatic N) is 1. The van der Waals surface area contributed by atoms with Crippen molar-refractivity contribution in [1.82, 2.24) is 10.2 Å². The van der Waals surface area contributed by atoms with Crippen molar-refractivity contribution < 1.29 is 14.3 Å². The summed E-state index contributed by atoms with van der Waals surface area (Å²) in [6.45, 7) is 0.647. The summed E-state index contributed by atoms with van der Waals surface area (Å²) in [6.07, 6.45) is 7.03. The van der Waals surface area contributed by atoms with E-state index >= 15 is 4.39 Å². The predicted molar refractivity (Wildman–Crippen MR) is 110 cm³/mol.